The molecule has 0 spiro atoms. The van der Waals surface area contributed by atoms with Crippen LogP contribution in [0.15, 0.2) is 54.6 Å². The summed E-state index contributed by atoms with van der Waals surface area (Å²) < 4.78 is 1.98. The van der Waals surface area contributed by atoms with Gasteiger partial charge in [-0.3, -0.25) is 4.57 Å². The summed E-state index contributed by atoms with van der Waals surface area (Å²) in [6, 6.07) is 17.7. The molecule has 2 N–H and O–H groups in total. The maximum atomic E-state index is 10.2. The summed E-state index contributed by atoms with van der Waals surface area (Å²) in [6.45, 7) is 6.71. The number of nitrogens with one attached hydrogen (secondary N) is 1. The van der Waals surface area contributed by atoms with Crippen LogP contribution < -0.4 is 5.32 Å². The highest BCUT2D eigenvalue weighted by molar-refractivity contribution is 5.88. The van der Waals surface area contributed by atoms with E-state index in [-0.39, 0.29) is 5.75 Å². The average Bonchev–Trinajstić information content (AvgIpc) is 3.01. The molecule has 2 aromatic carbocycles. The van der Waals surface area contributed by atoms with Crippen LogP contribution in [0.2, 0.25) is 0 Å². The minimum atomic E-state index is 0.264. The molecule has 0 amide bonds. The van der Waals surface area contributed by atoms with Crippen molar-refractivity contribution in [1.29, 1.82) is 0 Å². The van der Waals surface area contributed by atoms with Gasteiger partial charge >= 0.3 is 0 Å². The molecular weight excluding hydrogens is 336 g/mol. The molecule has 0 unspecified atom stereocenters. The number of phenols is 1. The van der Waals surface area contributed by atoms with Crippen LogP contribution in [0, 0.1) is 20.8 Å². The zero-order valence-electron chi connectivity index (χ0n) is 15.7. The molecule has 0 bridgehead atoms. The molecule has 4 rings (SSSR count). The van der Waals surface area contributed by atoms with Crippen molar-refractivity contribution in [3.05, 3.63) is 77.1 Å². The molecule has 0 saturated carbocycles. The minimum Gasteiger partial charge on any atom is -0.507 e. The summed E-state index contributed by atoms with van der Waals surface area (Å²) in [4.78, 5) is 9.49. The van der Waals surface area contributed by atoms with E-state index in [0.717, 1.165) is 33.7 Å². The highest BCUT2D eigenvalue weighted by Gasteiger charge is 2.15. The van der Waals surface area contributed by atoms with Crippen molar-refractivity contribution < 1.29 is 5.11 Å². The van der Waals surface area contributed by atoms with E-state index in [1.807, 2.05) is 61.7 Å². The van der Waals surface area contributed by atoms with Gasteiger partial charge in [0.15, 0.2) is 0 Å². The smallest absolute Gasteiger partial charge is 0.236 e. The number of phenolic OH excluding ortho intramolecular Hbond substituents is 1. The van der Waals surface area contributed by atoms with Crippen molar-refractivity contribution in [3.63, 3.8) is 0 Å². The van der Waals surface area contributed by atoms with Crippen molar-refractivity contribution in [2.45, 2.75) is 27.3 Å². The molecule has 2 heterocycles. The lowest BCUT2D eigenvalue weighted by atomic mass is 10.2. The fraction of sp³-hybridized carbons (Fsp3) is 0.182. The van der Waals surface area contributed by atoms with Gasteiger partial charge in [0.1, 0.15) is 11.6 Å². The fourth-order valence-electron chi connectivity index (χ4n) is 3.28. The van der Waals surface area contributed by atoms with Crippen LogP contribution in [0.1, 0.15) is 22.5 Å². The predicted octanol–water partition coefficient (Wildman–Crippen LogP) is 4.66. The van der Waals surface area contributed by atoms with Crippen LogP contribution >= 0.6 is 0 Å². The van der Waals surface area contributed by atoms with Gasteiger partial charge in [-0.1, -0.05) is 36.4 Å². The minimum absolute atomic E-state index is 0.264. The third-order valence-electron chi connectivity index (χ3n) is 4.89. The maximum Gasteiger partial charge on any atom is 0.236 e. The molecule has 0 aliphatic rings. The van der Waals surface area contributed by atoms with Gasteiger partial charge in [0.2, 0.25) is 5.95 Å². The number of hydrogen-bond acceptors (Lipinski definition) is 4. The molecule has 5 heteroatoms. The van der Waals surface area contributed by atoms with Crippen molar-refractivity contribution in [3.8, 4) is 11.7 Å². The van der Waals surface area contributed by atoms with Gasteiger partial charge in [-0.05, 0) is 44.5 Å². The molecule has 0 aliphatic carbocycles. The summed E-state index contributed by atoms with van der Waals surface area (Å²) in [5, 5.41) is 14.4. The lowest BCUT2D eigenvalue weighted by Gasteiger charge is -2.14. The zero-order valence-corrected chi connectivity index (χ0v) is 15.7. The lowest BCUT2D eigenvalue weighted by Crippen LogP contribution is -2.10. The SMILES string of the molecule is Cc1nc(-n2c(C)cc3c(O)cccc32)nc(NCc2ccccc2)c1C. The number of aromatic nitrogens is 3. The highest BCUT2D eigenvalue weighted by Crippen LogP contribution is 2.30. The first kappa shape index (κ1) is 17.1. The van der Waals surface area contributed by atoms with E-state index in [0.29, 0.717) is 12.5 Å². The number of rotatable bonds is 4. The number of nitrogens with zero attached hydrogens (tertiary/aromatic N) is 3. The first-order chi connectivity index (χ1) is 13.0. The quantitative estimate of drug-likeness (QED) is 0.557. The molecule has 0 fully saturated rings. The Bertz CT molecular complexity index is 1120. The van der Waals surface area contributed by atoms with Crippen LogP contribution in [0.5, 0.6) is 5.75 Å². The molecule has 2 aromatic heterocycles. The Morgan fingerprint density at radius 1 is 0.963 bits per heavy atom. The molecular formula is C22H22N4O. The van der Waals surface area contributed by atoms with Crippen LogP contribution in [0.25, 0.3) is 16.9 Å². The third-order valence-corrected chi connectivity index (χ3v) is 4.89. The number of anilines is 1. The van der Waals surface area contributed by atoms with Gasteiger partial charge in [0.05, 0.1) is 5.52 Å². The molecule has 0 saturated heterocycles. The second kappa shape index (κ2) is 6.76. The first-order valence-electron chi connectivity index (χ1n) is 8.98. The maximum absolute atomic E-state index is 10.2. The average molecular weight is 358 g/mol. The van der Waals surface area contributed by atoms with Gasteiger partial charge in [0.25, 0.3) is 0 Å². The Morgan fingerprint density at radius 2 is 1.74 bits per heavy atom. The normalized spacial score (nSPS) is 11.1. The van der Waals surface area contributed by atoms with Crippen molar-refractivity contribution >= 4 is 16.7 Å². The third kappa shape index (κ3) is 3.12. The monoisotopic (exact) mass is 358 g/mol. The van der Waals surface area contributed by atoms with E-state index in [4.69, 9.17) is 9.97 Å². The van der Waals surface area contributed by atoms with E-state index >= 15 is 0 Å². The summed E-state index contributed by atoms with van der Waals surface area (Å²) in [6.07, 6.45) is 0. The van der Waals surface area contributed by atoms with Crippen LogP contribution in [-0.4, -0.2) is 19.6 Å². The summed E-state index contributed by atoms with van der Waals surface area (Å²) in [5.74, 6) is 1.69. The molecule has 4 aromatic rings. The van der Waals surface area contributed by atoms with Gasteiger partial charge in [-0.2, -0.15) is 4.98 Å². The highest BCUT2D eigenvalue weighted by atomic mass is 16.3. The van der Waals surface area contributed by atoms with E-state index in [9.17, 15) is 5.11 Å². The molecule has 27 heavy (non-hydrogen) atoms. The molecule has 0 radical (unpaired) electrons. The molecule has 5 nitrogen and oxygen atoms in total. The van der Waals surface area contributed by atoms with Crippen molar-refractivity contribution in [2.24, 2.45) is 0 Å². The van der Waals surface area contributed by atoms with Gasteiger partial charge in [-0.25, -0.2) is 4.98 Å². The number of hydrogen-bond donors (Lipinski definition) is 2. The van der Waals surface area contributed by atoms with E-state index in [2.05, 4.69) is 17.4 Å². The predicted molar refractivity (Wildman–Crippen MR) is 109 cm³/mol. The summed E-state index contributed by atoms with van der Waals surface area (Å²) in [5.41, 5.74) is 5.03. The lowest BCUT2D eigenvalue weighted by molar-refractivity contribution is 0.481. The molecule has 0 aliphatic heterocycles. The number of benzene rings is 2. The van der Waals surface area contributed by atoms with Gasteiger partial charge < -0.3 is 10.4 Å². The second-order valence-electron chi connectivity index (χ2n) is 6.75. The number of aromatic hydroxyl groups is 1. The van der Waals surface area contributed by atoms with Crippen LogP contribution in [0.3, 0.4) is 0 Å². The first-order valence-corrected chi connectivity index (χ1v) is 8.98. The fourth-order valence-corrected chi connectivity index (χ4v) is 3.28. The van der Waals surface area contributed by atoms with Gasteiger partial charge in [0, 0.05) is 28.9 Å². The standard InChI is InChI=1S/C22H22N4O/c1-14-12-18-19(10-7-11-20(18)27)26(14)22-24-16(3)15(2)21(25-22)23-13-17-8-5-4-6-9-17/h4-12,27H,13H2,1-3H3,(H,23,24,25). The molecule has 0 atom stereocenters. The topological polar surface area (TPSA) is 63.0 Å². The largest absolute Gasteiger partial charge is 0.507 e. The van der Waals surface area contributed by atoms with E-state index in [1.54, 1.807) is 6.07 Å². The molecule has 136 valence electrons. The van der Waals surface area contributed by atoms with Gasteiger partial charge in [-0.15, -0.1) is 0 Å². The Labute approximate surface area is 158 Å². The summed E-state index contributed by atoms with van der Waals surface area (Å²) in [7, 11) is 0. The van der Waals surface area contributed by atoms with E-state index in [1.165, 1.54) is 5.56 Å². The Kier molecular flexibility index (Phi) is 4.28. The van der Waals surface area contributed by atoms with Crippen molar-refractivity contribution in [2.75, 3.05) is 5.32 Å². The van der Waals surface area contributed by atoms with E-state index < -0.39 is 0 Å². The summed E-state index contributed by atoms with van der Waals surface area (Å²) >= 11 is 0. The Morgan fingerprint density at radius 3 is 2.52 bits per heavy atom. The Hall–Kier alpha value is -3.34. The Balaban J connectivity index is 1.78. The number of fused-ring (bicyclic) bond motifs is 1. The van der Waals surface area contributed by atoms with Crippen molar-refractivity contribution in [1.82, 2.24) is 14.5 Å². The van der Waals surface area contributed by atoms with Crippen LogP contribution in [0.4, 0.5) is 5.82 Å². The number of aryl methyl sites for hydroxylation is 2. The zero-order chi connectivity index (χ0) is 19.0. The second-order valence-corrected chi connectivity index (χ2v) is 6.75. The van der Waals surface area contributed by atoms with Crippen LogP contribution in [-0.2, 0) is 6.54 Å².